The number of rotatable bonds is 4. The number of pyridine rings is 2. The highest BCUT2D eigenvalue weighted by Gasteiger charge is 2.43. The van der Waals surface area contributed by atoms with Gasteiger partial charge >= 0.3 is 0 Å². The molecule has 34 heavy (non-hydrogen) atoms. The van der Waals surface area contributed by atoms with Gasteiger partial charge in [-0.25, -0.2) is 4.98 Å². The highest BCUT2D eigenvalue weighted by atomic mass is 35.5. The zero-order chi connectivity index (χ0) is 24.0. The van der Waals surface area contributed by atoms with E-state index < -0.39 is 0 Å². The molecule has 0 aliphatic carbocycles. The van der Waals surface area contributed by atoms with Crippen molar-refractivity contribution in [2.24, 2.45) is 0 Å². The Hall–Kier alpha value is -3.42. The molecule has 172 valence electrons. The zero-order valence-corrected chi connectivity index (χ0v) is 20.6. The van der Waals surface area contributed by atoms with Gasteiger partial charge in [-0.05, 0) is 86.6 Å². The third kappa shape index (κ3) is 3.81. The Balaban J connectivity index is 1.70. The van der Waals surface area contributed by atoms with E-state index in [0.717, 1.165) is 34.0 Å². The van der Waals surface area contributed by atoms with Crippen LogP contribution in [0.4, 0.5) is 5.69 Å². The molecule has 1 aliphatic heterocycles. The second-order valence-electron chi connectivity index (χ2n) is 8.49. The minimum atomic E-state index is -0.267. The van der Waals surface area contributed by atoms with Gasteiger partial charge in [0.1, 0.15) is 11.6 Å². The summed E-state index contributed by atoms with van der Waals surface area (Å²) in [4.78, 5) is 11.2. The summed E-state index contributed by atoms with van der Waals surface area (Å²) >= 11 is 12.1. The number of hydrogen-bond acceptors (Lipinski definition) is 4. The summed E-state index contributed by atoms with van der Waals surface area (Å²) in [6, 6.07) is 16.6. The Kier molecular flexibility index (Phi) is 5.75. The molecule has 0 amide bonds. The molecule has 5 rings (SSSR count). The van der Waals surface area contributed by atoms with Gasteiger partial charge in [-0.1, -0.05) is 23.7 Å². The third-order valence-electron chi connectivity index (χ3n) is 6.21. The van der Waals surface area contributed by atoms with Crippen molar-refractivity contribution in [2.45, 2.75) is 32.9 Å². The van der Waals surface area contributed by atoms with E-state index in [4.69, 9.17) is 23.8 Å². The van der Waals surface area contributed by atoms with Crippen LogP contribution in [0.25, 0.3) is 5.82 Å². The van der Waals surface area contributed by atoms with Gasteiger partial charge in [0.15, 0.2) is 5.11 Å². The van der Waals surface area contributed by atoms with Gasteiger partial charge in [0, 0.05) is 28.8 Å². The van der Waals surface area contributed by atoms with Crippen molar-refractivity contribution in [1.82, 2.24) is 19.9 Å². The summed E-state index contributed by atoms with van der Waals surface area (Å²) in [5, 5.41) is 15.2. The number of phenols is 1. The average molecular weight is 490 g/mol. The highest BCUT2D eigenvalue weighted by Crippen LogP contribution is 2.46. The van der Waals surface area contributed by atoms with Crippen LogP contribution in [0.5, 0.6) is 5.75 Å². The van der Waals surface area contributed by atoms with E-state index in [2.05, 4.69) is 45.8 Å². The quantitative estimate of drug-likeness (QED) is 0.357. The summed E-state index contributed by atoms with van der Waals surface area (Å²) in [6.07, 6.45) is 3.64. The molecule has 0 bridgehead atoms. The summed E-state index contributed by atoms with van der Waals surface area (Å²) in [5.41, 5.74) is 5.66. The maximum atomic E-state index is 10.7. The number of aromatic nitrogens is 3. The van der Waals surface area contributed by atoms with Crippen LogP contribution in [-0.4, -0.2) is 24.8 Å². The normalized spacial score (nSPS) is 17.8. The van der Waals surface area contributed by atoms with E-state index >= 15 is 0 Å². The molecule has 2 atom stereocenters. The minimum absolute atomic E-state index is 0.106. The number of benzene rings is 1. The average Bonchev–Trinajstić information content (AvgIpc) is 3.32. The van der Waals surface area contributed by atoms with E-state index in [1.54, 1.807) is 24.4 Å². The van der Waals surface area contributed by atoms with Crippen molar-refractivity contribution in [3.8, 4) is 11.6 Å². The number of nitrogens with zero attached hydrogens (tertiary/aromatic N) is 4. The molecule has 1 saturated heterocycles. The lowest BCUT2D eigenvalue weighted by Gasteiger charge is -2.28. The van der Waals surface area contributed by atoms with E-state index in [-0.39, 0.29) is 17.8 Å². The first-order chi connectivity index (χ1) is 16.3. The molecule has 4 heterocycles. The number of thiocarbonyl (C=S) groups is 1. The highest BCUT2D eigenvalue weighted by molar-refractivity contribution is 7.80. The number of anilines is 1. The number of hydrogen-bond donors (Lipinski definition) is 2. The molecule has 4 aromatic rings. The lowest BCUT2D eigenvalue weighted by atomic mass is 9.96. The van der Waals surface area contributed by atoms with E-state index in [1.165, 1.54) is 0 Å². The number of halogens is 1. The SMILES string of the molecule is Cc1ccc(-n2c(C)cc([C@H]3[C@H](c4ccccn4)NC(=S)N3c3cc(Cl)ccc3O)c2C)nc1. The van der Waals surface area contributed by atoms with Crippen molar-refractivity contribution in [3.63, 3.8) is 0 Å². The number of aryl methyl sites for hydroxylation is 2. The Bertz CT molecular complexity index is 1370. The van der Waals surface area contributed by atoms with Crippen molar-refractivity contribution in [1.29, 1.82) is 0 Å². The maximum absolute atomic E-state index is 10.7. The van der Waals surface area contributed by atoms with Crippen LogP contribution in [0.2, 0.25) is 5.02 Å². The largest absolute Gasteiger partial charge is 0.506 e. The van der Waals surface area contributed by atoms with E-state index in [0.29, 0.717) is 15.8 Å². The van der Waals surface area contributed by atoms with Gasteiger partial charge in [0.2, 0.25) is 0 Å². The van der Waals surface area contributed by atoms with Crippen LogP contribution in [0.1, 0.15) is 40.3 Å². The number of aromatic hydroxyl groups is 1. The zero-order valence-electron chi connectivity index (χ0n) is 19.0. The smallest absolute Gasteiger partial charge is 0.174 e. The molecule has 1 aromatic carbocycles. The maximum Gasteiger partial charge on any atom is 0.174 e. The fourth-order valence-electron chi connectivity index (χ4n) is 4.65. The Morgan fingerprint density at radius 3 is 2.56 bits per heavy atom. The molecule has 3 aromatic heterocycles. The molecule has 0 unspecified atom stereocenters. The van der Waals surface area contributed by atoms with Crippen LogP contribution in [0.3, 0.4) is 0 Å². The topological polar surface area (TPSA) is 66.2 Å². The van der Waals surface area contributed by atoms with Gasteiger partial charge in [-0.2, -0.15) is 0 Å². The number of phenolic OH excluding ortho intramolecular Hbond substituents is 1. The van der Waals surface area contributed by atoms with Gasteiger partial charge in [0.05, 0.1) is 23.5 Å². The second kappa shape index (κ2) is 8.74. The van der Waals surface area contributed by atoms with Gasteiger partial charge < -0.3 is 19.9 Å². The summed E-state index contributed by atoms with van der Waals surface area (Å²) in [6.45, 7) is 6.17. The molecule has 1 fully saturated rings. The van der Waals surface area contributed by atoms with Gasteiger partial charge in [-0.3, -0.25) is 4.98 Å². The standard InChI is InChI=1S/C26H24ClN5OS/c1-15-7-10-23(29-14-15)31-16(2)12-19(17(31)3)25-24(20-6-4-5-11-28-20)30-26(34)32(25)21-13-18(27)8-9-22(21)33/h4-14,24-25,33H,1-3H3,(H,30,34)/t24-,25-/m0/s1. The predicted octanol–water partition coefficient (Wildman–Crippen LogP) is 5.73. The molecule has 2 N–H and O–H groups in total. The Labute approximate surface area is 208 Å². The predicted molar refractivity (Wildman–Crippen MR) is 139 cm³/mol. The molecule has 1 aliphatic rings. The van der Waals surface area contributed by atoms with Crippen molar-refractivity contribution < 1.29 is 5.11 Å². The Morgan fingerprint density at radius 1 is 1.03 bits per heavy atom. The van der Waals surface area contributed by atoms with E-state index in [1.807, 2.05) is 42.3 Å². The number of nitrogens with one attached hydrogen (secondary N) is 1. The fraction of sp³-hybridized carbons (Fsp3) is 0.192. The third-order valence-corrected chi connectivity index (χ3v) is 6.76. The minimum Gasteiger partial charge on any atom is -0.506 e. The van der Waals surface area contributed by atoms with Crippen LogP contribution in [0, 0.1) is 20.8 Å². The molecular weight excluding hydrogens is 466 g/mol. The van der Waals surface area contributed by atoms with Gasteiger partial charge in [-0.15, -0.1) is 0 Å². The van der Waals surface area contributed by atoms with Crippen LogP contribution in [-0.2, 0) is 0 Å². The molecule has 0 radical (unpaired) electrons. The second-order valence-corrected chi connectivity index (χ2v) is 9.31. The first kappa shape index (κ1) is 22.4. The first-order valence-corrected chi connectivity index (χ1v) is 11.7. The first-order valence-electron chi connectivity index (χ1n) is 11.0. The summed E-state index contributed by atoms with van der Waals surface area (Å²) in [7, 11) is 0. The van der Waals surface area contributed by atoms with Crippen molar-refractivity contribution >= 4 is 34.6 Å². The van der Waals surface area contributed by atoms with Gasteiger partial charge in [0.25, 0.3) is 0 Å². The molecule has 0 spiro atoms. The summed E-state index contributed by atoms with van der Waals surface area (Å²) in [5.74, 6) is 0.959. The molecule has 8 heteroatoms. The molecular formula is C26H24ClN5OS. The molecule has 0 saturated carbocycles. The lowest BCUT2D eigenvalue weighted by molar-refractivity contribution is 0.472. The van der Waals surface area contributed by atoms with Crippen molar-refractivity contribution in [3.05, 3.63) is 100 Å². The lowest BCUT2D eigenvalue weighted by Crippen LogP contribution is -2.29. The fourth-order valence-corrected chi connectivity index (χ4v) is 5.16. The van der Waals surface area contributed by atoms with Crippen LogP contribution < -0.4 is 10.2 Å². The van der Waals surface area contributed by atoms with E-state index in [9.17, 15) is 5.11 Å². The monoisotopic (exact) mass is 489 g/mol. The Morgan fingerprint density at radius 2 is 1.85 bits per heavy atom. The molecule has 6 nitrogen and oxygen atoms in total. The van der Waals surface area contributed by atoms with Crippen LogP contribution >= 0.6 is 23.8 Å². The van der Waals surface area contributed by atoms with Crippen LogP contribution in [0.15, 0.2) is 67.0 Å². The van der Waals surface area contributed by atoms with Crippen molar-refractivity contribution in [2.75, 3.05) is 4.90 Å². The summed E-state index contributed by atoms with van der Waals surface area (Å²) < 4.78 is 2.14.